The predicted octanol–water partition coefficient (Wildman–Crippen LogP) is 3.40. The van der Waals surface area contributed by atoms with Crippen molar-refractivity contribution in [1.29, 1.82) is 0 Å². The number of aliphatic hydroxyl groups is 1. The molecule has 3 rings (SSSR count). The molecule has 0 aromatic heterocycles. The van der Waals surface area contributed by atoms with E-state index in [0.717, 1.165) is 25.2 Å². The molecule has 0 radical (unpaired) electrons. The van der Waals surface area contributed by atoms with E-state index in [1.165, 1.54) is 36.8 Å². The highest BCUT2D eigenvalue weighted by Gasteiger charge is 2.38. The van der Waals surface area contributed by atoms with Crippen LogP contribution in [0, 0.1) is 5.92 Å². The van der Waals surface area contributed by atoms with Crippen molar-refractivity contribution in [3.05, 3.63) is 35.4 Å². The van der Waals surface area contributed by atoms with Crippen molar-refractivity contribution in [3.63, 3.8) is 0 Å². The Morgan fingerprint density at radius 1 is 1.19 bits per heavy atom. The zero-order valence-corrected chi connectivity index (χ0v) is 9.78. The molecule has 2 aliphatic carbocycles. The summed E-state index contributed by atoms with van der Waals surface area (Å²) in [4.78, 5) is 0. The van der Waals surface area contributed by atoms with Crippen molar-refractivity contribution in [2.24, 2.45) is 5.92 Å². The van der Waals surface area contributed by atoms with E-state index < -0.39 is 5.60 Å². The largest absolute Gasteiger partial charge is 0.385 e. The zero-order chi connectivity index (χ0) is 11.0. The quantitative estimate of drug-likeness (QED) is 0.803. The summed E-state index contributed by atoms with van der Waals surface area (Å²) in [6.45, 7) is 0. The summed E-state index contributed by atoms with van der Waals surface area (Å²) in [5.41, 5.74) is 2.07. The van der Waals surface area contributed by atoms with Gasteiger partial charge in [-0.2, -0.15) is 0 Å². The number of aryl methyl sites for hydroxylation is 1. The van der Waals surface area contributed by atoms with E-state index >= 15 is 0 Å². The van der Waals surface area contributed by atoms with Crippen molar-refractivity contribution < 1.29 is 5.11 Å². The molecule has 1 atom stereocenters. The van der Waals surface area contributed by atoms with E-state index in [1.807, 2.05) is 0 Å². The average molecular weight is 216 g/mol. The van der Waals surface area contributed by atoms with E-state index in [4.69, 9.17) is 0 Å². The topological polar surface area (TPSA) is 20.2 Å². The van der Waals surface area contributed by atoms with Gasteiger partial charge in [0.1, 0.15) is 0 Å². The number of hydrogen-bond acceptors (Lipinski definition) is 1. The monoisotopic (exact) mass is 216 g/mol. The van der Waals surface area contributed by atoms with Gasteiger partial charge >= 0.3 is 0 Å². The van der Waals surface area contributed by atoms with Gasteiger partial charge in [-0.3, -0.25) is 0 Å². The summed E-state index contributed by atoms with van der Waals surface area (Å²) in [5, 5.41) is 10.8. The van der Waals surface area contributed by atoms with Gasteiger partial charge in [-0.1, -0.05) is 49.9 Å². The molecule has 1 N–H and O–H groups in total. The Bertz CT molecular complexity index is 379. The fourth-order valence-corrected chi connectivity index (χ4v) is 3.57. The second-order valence-corrected chi connectivity index (χ2v) is 5.54. The van der Waals surface area contributed by atoms with Crippen LogP contribution in [0.4, 0.5) is 0 Å². The molecule has 0 aliphatic heterocycles. The minimum absolute atomic E-state index is 0.508. The van der Waals surface area contributed by atoms with Gasteiger partial charge in [0.05, 0.1) is 5.60 Å². The van der Waals surface area contributed by atoms with Crippen LogP contribution in [-0.2, 0) is 12.0 Å². The van der Waals surface area contributed by atoms with E-state index in [-0.39, 0.29) is 0 Å². The molecule has 1 aromatic carbocycles. The van der Waals surface area contributed by atoms with Crippen LogP contribution in [0.5, 0.6) is 0 Å². The number of benzene rings is 1. The molecule has 0 saturated heterocycles. The van der Waals surface area contributed by atoms with Gasteiger partial charge in [0.25, 0.3) is 0 Å². The van der Waals surface area contributed by atoms with Gasteiger partial charge in [0.15, 0.2) is 0 Å². The smallest absolute Gasteiger partial charge is 0.0905 e. The van der Waals surface area contributed by atoms with Crippen LogP contribution < -0.4 is 0 Å². The van der Waals surface area contributed by atoms with E-state index in [0.29, 0.717) is 0 Å². The number of fused-ring (bicyclic) bond motifs is 1. The number of hydrogen-bond donors (Lipinski definition) is 1. The molecule has 0 bridgehead atoms. The van der Waals surface area contributed by atoms with Crippen molar-refractivity contribution in [2.75, 3.05) is 0 Å². The third kappa shape index (κ3) is 1.67. The minimum Gasteiger partial charge on any atom is -0.385 e. The molecule has 0 spiro atoms. The highest BCUT2D eigenvalue weighted by atomic mass is 16.3. The van der Waals surface area contributed by atoms with Crippen LogP contribution >= 0.6 is 0 Å². The Morgan fingerprint density at radius 2 is 1.94 bits per heavy atom. The lowest BCUT2D eigenvalue weighted by atomic mass is 9.85. The van der Waals surface area contributed by atoms with Gasteiger partial charge in [-0.05, 0) is 36.3 Å². The number of rotatable bonds is 2. The lowest BCUT2D eigenvalue weighted by molar-refractivity contribution is 0.0135. The molecule has 2 aliphatic rings. The predicted molar refractivity (Wildman–Crippen MR) is 65.2 cm³/mol. The summed E-state index contributed by atoms with van der Waals surface area (Å²) >= 11 is 0. The van der Waals surface area contributed by atoms with Crippen LogP contribution in [0.25, 0.3) is 0 Å². The molecular weight excluding hydrogens is 196 g/mol. The van der Waals surface area contributed by atoms with Gasteiger partial charge in [-0.25, -0.2) is 0 Å². The fourth-order valence-electron chi connectivity index (χ4n) is 3.57. The second kappa shape index (κ2) is 3.89. The molecule has 1 heteroatoms. The molecule has 1 unspecified atom stereocenters. The van der Waals surface area contributed by atoms with Crippen LogP contribution in [-0.4, -0.2) is 5.11 Å². The van der Waals surface area contributed by atoms with Crippen LogP contribution in [0.3, 0.4) is 0 Å². The molecule has 16 heavy (non-hydrogen) atoms. The summed E-state index contributed by atoms with van der Waals surface area (Å²) in [7, 11) is 0. The van der Waals surface area contributed by atoms with Gasteiger partial charge in [-0.15, -0.1) is 0 Å². The Balaban J connectivity index is 1.83. The molecule has 0 amide bonds. The van der Waals surface area contributed by atoms with Gasteiger partial charge < -0.3 is 5.11 Å². The fraction of sp³-hybridized carbons (Fsp3) is 0.600. The first kappa shape index (κ1) is 10.3. The van der Waals surface area contributed by atoms with Gasteiger partial charge in [0, 0.05) is 0 Å². The first-order valence-electron chi connectivity index (χ1n) is 6.59. The van der Waals surface area contributed by atoms with Crippen molar-refractivity contribution in [2.45, 2.75) is 50.5 Å². The van der Waals surface area contributed by atoms with E-state index in [2.05, 4.69) is 24.3 Å². The Labute approximate surface area is 97.5 Å². The van der Waals surface area contributed by atoms with Crippen molar-refractivity contribution in [3.8, 4) is 0 Å². The molecule has 0 heterocycles. The highest BCUT2D eigenvalue weighted by Crippen LogP contribution is 2.44. The van der Waals surface area contributed by atoms with Crippen molar-refractivity contribution in [1.82, 2.24) is 0 Å². The average Bonchev–Trinajstić information content (AvgIpc) is 2.89. The Hall–Kier alpha value is -0.820. The summed E-state index contributed by atoms with van der Waals surface area (Å²) < 4.78 is 0. The first-order chi connectivity index (χ1) is 7.78. The second-order valence-electron chi connectivity index (χ2n) is 5.54. The van der Waals surface area contributed by atoms with Gasteiger partial charge in [0.2, 0.25) is 0 Å². The molecule has 86 valence electrons. The maximum atomic E-state index is 10.8. The van der Waals surface area contributed by atoms with Crippen molar-refractivity contribution >= 4 is 0 Å². The highest BCUT2D eigenvalue weighted by molar-refractivity contribution is 5.37. The van der Waals surface area contributed by atoms with Crippen LogP contribution in [0.15, 0.2) is 24.3 Å². The molecule has 1 saturated carbocycles. The first-order valence-corrected chi connectivity index (χ1v) is 6.59. The summed E-state index contributed by atoms with van der Waals surface area (Å²) in [6.07, 6.45) is 8.35. The summed E-state index contributed by atoms with van der Waals surface area (Å²) in [5.74, 6) is 0.760. The maximum Gasteiger partial charge on any atom is 0.0905 e. The lowest BCUT2D eigenvalue weighted by Gasteiger charge is -2.27. The van der Waals surface area contributed by atoms with Crippen LogP contribution in [0.1, 0.15) is 49.7 Å². The SMILES string of the molecule is OC1(CC2CCCC2)CCc2ccccc21. The standard InChI is InChI=1S/C15H20O/c16-15(11-12-5-1-2-6-12)10-9-13-7-3-4-8-14(13)15/h3-4,7-8,12,16H,1-2,5-6,9-11H2. The normalized spacial score (nSPS) is 29.6. The summed E-state index contributed by atoms with van der Waals surface area (Å²) in [6, 6.07) is 8.43. The minimum atomic E-state index is -0.508. The Morgan fingerprint density at radius 3 is 2.75 bits per heavy atom. The zero-order valence-electron chi connectivity index (χ0n) is 9.78. The van der Waals surface area contributed by atoms with E-state index in [9.17, 15) is 5.11 Å². The van der Waals surface area contributed by atoms with Crippen LogP contribution in [0.2, 0.25) is 0 Å². The maximum absolute atomic E-state index is 10.8. The lowest BCUT2D eigenvalue weighted by Crippen LogP contribution is -2.25. The molecule has 1 nitrogen and oxygen atoms in total. The van der Waals surface area contributed by atoms with E-state index in [1.54, 1.807) is 0 Å². The Kier molecular flexibility index (Phi) is 2.51. The third-order valence-corrected chi connectivity index (χ3v) is 4.43. The molecular formula is C15H20O. The molecule has 1 aromatic rings. The molecule has 1 fully saturated rings. The third-order valence-electron chi connectivity index (χ3n) is 4.43.